The van der Waals surface area contributed by atoms with E-state index < -0.39 is 0 Å². The monoisotopic (exact) mass is 425 g/mol. The van der Waals surface area contributed by atoms with Gasteiger partial charge in [0.05, 0.1) is 12.6 Å². The SMILES string of the molecule is Cc1ccccc1-c1noc(CN2CCN(C(C)C(=O)NC3CCCCC3C)CC2)n1. The van der Waals surface area contributed by atoms with Crippen molar-refractivity contribution in [3.8, 4) is 11.4 Å². The Kier molecular flexibility index (Phi) is 7.02. The molecule has 7 nitrogen and oxygen atoms in total. The Morgan fingerprint density at radius 1 is 1.19 bits per heavy atom. The van der Waals surface area contributed by atoms with Crippen LogP contribution < -0.4 is 5.32 Å². The maximum Gasteiger partial charge on any atom is 0.241 e. The molecule has 31 heavy (non-hydrogen) atoms. The molecule has 2 aromatic rings. The van der Waals surface area contributed by atoms with Crippen LogP contribution in [0, 0.1) is 12.8 Å². The molecule has 0 radical (unpaired) electrons. The lowest BCUT2D eigenvalue weighted by Gasteiger charge is -2.38. The summed E-state index contributed by atoms with van der Waals surface area (Å²) in [5.74, 6) is 2.05. The lowest BCUT2D eigenvalue weighted by atomic mass is 9.86. The van der Waals surface area contributed by atoms with Gasteiger partial charge in [-0.2, -0.15) is 4.98 Å². The minimum absolute atomic E-state index is 0.0904. The Morgan fingerprint density at radius 3 is 2.68 bits per heavy atom. The molecule has 1 N–H and O–H groups in total. The summed E-state index contributed by atoms with van der Waals surface area (Å²) < 4.78 is 5.50. The number of hydrogen-bond donors (Lipinski definition) is 1. The largest absolute Gasteiger partial charge is 0.352 e. The number of rotatable bonds is 6. The predicted octanol–water partition coefficient (Wildman–Crippen LogP) is 3.25. The number of hydrogen-bond acceptors (Lipinski definition) is 6. The number of nitrogens with one attached hydrogen (secondary N) is 1. The van der Waals surface area contributed by atoms with Crippen molar-refractivity contribution in [2.75, 3.05) is 26.2 Å². The first-order valence-corrected chi connectivity index (χ1v) is 11.7. The van der Waals surface area contributed by atoms with E-state index in [1.54, 1.807) is 0 Å². The van der Waals surface area contributed by atoms with Gasteiger partial charge in [0.15, 0.2) is 0 Å². The zero-order chi connectivity index (χ0) is 21.8. The van der Waals surface area contributed by atoms with Crippen molar-refractivity contribution < 1.29 is 9.32 Å². The van der Waals surface area contributed by atoms with Crippen LogP contribution in [0.5, 0.6) is 0 Å². The van der Waals surface area contributed by atoms with Crippen LogP contribution in [0.1, 0.15) is 51.0 Å². The minimum atomic E-state index is -0.0904. The van der Waals surface area contributed by atoms with Crippen LogP contribution in [0.25, 0.3) is 11.4 Å². The molecule has 1 saturated carbocycles. The van der Waals surface area contributed by atoms with Gasteiger partial charge in [-0.05, 0) is 38.2 Å². The van der Waals surface area contributed by atoms with Gasteiger partial charge in [-0.25, -0.2) is 0 Å². The number of aromatic nitrogens is 2. The van der Waals surface area contributed by atoms with Crippen LogP contribution in [0.3, 0.4) is 0 Å². The summed E-state index contributed by atoms with van der Waals surface area (Å²) in [6, 6.07) is 8.32. The van der Waals surface area contributed by atoms with E-state index in [9.17, 15) is 4.79 Å². The molecule has 2 aliphatic rings. The Bertz CT molecular complexity index is 874. The molecule has 0 spiro atoms. The molecule has 0 bridgehead atoms. The molecule has 1 saturated heterocycles. The van der Waals surface area contributed by atoms with E-state index in [1.807, 2.05) is 25.1 Å². The van der Waals surface area contributed by atoms with Gasteiger partial charge in [-0.3, -0.25) is 14.6 Å². The molecular weight excluding hydrogens is 390 g/mol. The molecule has 1 aliphatic carbocycles. The highest BCUT2D eigenvalue weighted by Gasteiger charge is 2.29. The second-order valence-electron chi connectivity index (χ2n) is 9.19. The lowest BCUT2D eigenvalue weighted by molar-refractivity contribution is -0.128. The molecule has 1 aromatic heterocycles. The van der Waals surface area contributed by atoms with E-state index >= 15 is 0 Å². The van der Waals surface area contributed by atoms with Gasteiger partial charge >= 0.3 is 0 Å². The highest BCUT2D eigenvalue weighted by atomic mass is 16.5. The van der Waals surface area contributed by atoms with E-state index in [1.165, 1.54) is 19.3 Å². The third-order valence-corrected chi connectivity index (χ3v) is 6.99. The van der Waals surface area contributed by atoms with Crippen molar-refractivity contribution in [2.45, 2.75) is 65.1 Å². The van der Waals surface area contributed by atoms with Crippen molar-refractivity contribution in [1.82, 2.24) is 25.3 Å². The predicted molar refractivity (Wildman–Crippen MR) is 120 cm³/mol. The second kappa shape index (κ2) is 9.92. The summed E-state index contributed by atoms with van der Waals surface area (Å²) in [5.41, 5.74) is 2.15. The van der Waals surface area contributed by atoms with Crippen molar-refractivity contribution in [3.05, 3.63) is 35.7 Å². The molecule has 1 amide bonds. The fourth-order valence-corrected chi connectivity index (χ4v) is 4.75. The van der Waals surface area contributed by atoms with E-state index in [2.05, 4.69) is 45.2 Å². The fourth-order valence-electron chi connectivity index (χ4n) is 4.75. The first kappa shape index (κ1) is 22.0. The highest BCUT2D eigenvalue weighted by Crippen LogP contribution is 2.24. The maximum absolute atomic E-state index is 12.8. The molecule has 168 valence electrons. The summed E-state index contributed by atoms with van der Waals surface area (Å²) in [6.07, 6.45) is 4.85. The van der Waals surface area contributed by atoms with Crippen molar-refractivity contribution in [1.29, 1.82) is 0 Å². The number of nitrogens with zero attached hydrogens (tertiary/aromatic N) is 4. The van der Waals surface area contributed by atoms with Gasteiger partial charge in [-0.15, -0.1) is 0 Å². The molecule has 1 aromatic carbocycles. The van der Waals surface area contributed by atoms with Gasteiger partial charge in [0, 0.05) is 37.8 Å². The number of benzene rings is 1. The van der Waals surface area contributed by atoms with Crippen molar-refractivity contribution in [2.24, 2.45) is 5.92 Å². The van der Waals surface area contributed by atoms with Gasteiger partial charge in [0.25, 0.3) is 0 Å². The summed E-state index contributed by atoms with van der Waals surface area (Å²) in [4.78, 5) is 22.0. The maximum atomic E-state index is 12.8. The Hall–Kier alpha value is -2.25. The first-order valence-electron chi connectivity index (χ1n) is 11.7. The second-order valence-corrected chi connectivity index (χ2v) is 9.19. The average Bonchev–Trinajstić information content (AvgIpc) is 3.24. The molecular formula is C24H35N5O2. The van der Waals surface area contributed by atoms with Gasteiger partial charge in [0.2, 0.25) is 17.6 Å². The normalized spacial score (nSPS) is 24.1. The van der Waals surface area contributed by atoms with Crippen LogP contribution in [0.15, 0.2) is 28.8 Å². The number of carbonyl (C=O) groups excluding carboxylic acids is 1. The third-order valence-electron chi connectivity index (χ3n) is 6.99. The molecule has 2 fully saturated rings. The van der Waals surface area contributed by atoms with Crippen LogP contribution in [-0.2, 0) is 11.3 Å². The quantitative estimate of drug-likeness (QED) is 0.766. The smallest absolute Gasteiger partial charge is 0.241 e. The Labute approximate surface area is 185 Å². The minimum Gasteiger partial charge on any atom is -0.352 e. The average molecular weight is 426 g/mol. The van der Waals surface area contributed by atoms with Crippen LogP contribution in [0.4, 0.5) is 0 Å². The summed E-state index contributed by atoms with van der Waals surface area (Å²) in [5, 5.41) is 7.48. The topological polar surface area (TPSA) is 74.5 Å². The molecule has 3 unspecified atom stereocenters. The molecule has 1 aliphatic heterocycles. The van der Waals surface area contributed by atoms with Crippen molar-refractivity contribution in [3.63, 3.8) is 0 Å². The Balaban J connectivity index is 1.26. The number of amides is 1. The number of carbonyl (C=O) groups is 1. The van der Waals surface area contributed by atoms with Crippen LogP contribution in [-0.4, -0.2) is 64.1 Å². The zero-order valence-electron chi connectivity index (χ0n) is 19.0. The lowest BCUT2D eigenvalue weighted by Crippen LogP contribution is -2.55. The van der Waals surface area contributed by atoms with E-state index in [0.29, 0.717) is 30.2 Å². The van der Waals surface area contributed by atoms with E-state index in [-0.39, 0.29) is 11.9 Å². The van der Waals surface area contributed by atoms with Gasteiger partial charge in [0.1, 0.15) is 0 Å². The van der Waals surface area contributed by atoms with Crippen molar-refractivity contribution >= 4 is 5.91 Å². The Morgan fingerprint density at radius 2 is 1.94 bits per heavy atom. The highest BCUT2D eigenvalue weighted by molar-refractivity contribution is 5.81. The summed E-state index contributed by atoms with van der Waals surface area (Å²) in [7, 11) is 0. The third kappa shape index (κ3) is 5.33. The molecule has 4 rings (SSSR count). The van der Waals surface area contributed by atoms with E-state index in [4.69, 9.17) is 4.52 Å². The molecule has 7 heteroatoms. The summed E-state index contributed by atoms with van der Waals surface area (Å²) in [6.45, 7) is 10.5. The summed E-state index contributed by atoms with van der Waals surface area (Å²) >= 11 is 0. The van der Waals surface area contributed by atoms with Gasteiger partial charge in [-0.1, -0.05) is 49.2 Å². The first-order chi connectivity index (χ1) is 15.0. The molecule has 3 atom stereocenters. The zero-order valence-corrected chi connectivity index (χ0v) is 19.0. The van der Waals surface area contributed by atoms with E-state index in [0.717, 1.165) is 43.7 Å². The number of piperazine rings is 1. The fraction of sp³-hybridized carbons (Fsp3) is 0.625. The molecule has 2 heterocycles. The van der Waals surface area contributed by atoms with Crippen LogP contribution in [0.2, 0.25) is 0 Å². The number of aryl methyl sites for hydroxylation is 1. The van der Waals surface area contributed by atoms with Crippen LogP contribution >= 0.6 is 0 Å². The van der Waals surface area contributed by atoms with Gasteiger partial charge < -0.3 is 9.84 Å². The standard InChI is InChI=1S/C24H35N5O2/c1-17-8-4-6-10-20(17)23-26-22(31-27-23)16-28-12-14-29(15-13-28)19(3)24(30)25-21-11-7-5-9-18(21)2/h4,6,8,10,18-19,21H,5,7,9,11-16H2,1-3H3,(H,25,30).